The number of anilines is 1. The zero-order valence-electron chi connectivity index (χ0n) is 19.0. The highest BCUT2D eigenvalue weighted by Gasteiger charge is 2.32. The van der Waals surface area contributed by atoms with Crippen LogP contribution >= 0.6 is 0 Å². The number of methoxy groups -OCH3 is 1. The highest BCUT2D eigenvalue weighted by atomic mass is 32.2. The van der Waals surface area contributed by atoms with Gasteiger partial charge in [-0.3, -0.25) is 9.10 Å². The van der Waals surface area contributed by atoms with Gasteiger partial charge < -0.3 is 14.8 Å². The number of sulfonamides is 1. The standard InChI is InChI=1S/C23H32N2O5S/c1-7-22(25(31(6,27)28)19-13-16(2)12-17(3)14-19)23(26)24-18(4)15-30-21-10-8-20(29-5)9-11-21/h8-14,18,22H,7,15H2,1-6H3,(H,24,26). The van der Waals surface area contributed by atoms with Crippen LogP contribution in [0.15, 0.2) is 42.5 Å². The lowest BCUT2D eigenvalue weighted by Crippen LogP contribution is -2.52. The predicted octanol–water partition coefficient (Wildman–Crippen LogP) is 3.44. The van der Waals surface area contributed by atoms with E-state index in [-0.39, 0.29) is 18.6 Å². The maximum Gasteiger partial charge on any atom is 0.244 e. The van der Waals surface area contributed by atoms with Gasteiger partial charge >= 0.3 is 0 Å². The topological polar surface area (TPSA) is 84.9 Å². The third-order valence-electron chi connectivity index (χ3n) is 4.74. The first-order valence-electron chi connectivity index (χ1n) is 10.2. The number of hydrogen-bond acceptors (Lipinski definition) is 5. The van der Waals surface area contributed by atoms with Crippen LogP contribution in [0.25, 0.3) is 0 Å². The molecule has 2 aromatic rings. The van der Waals surface area contributed by atoms with Crippen molar-refractivity contribution < 1.29 is 22.7 Å². The van der Waals surface area contributed by atoms with Gasteiger partial charge in [0.2, 0.25) is 15.9 Å². The summed E-state index contributed by atoms with van der Waals surface area (Å²) in [5.74, 6) is 1.02. The Bertz CT molecular complexity index is 969. The highest BCUT2D eigenvalue weighted by Crippen LogP contribution is 2.25. The van der Waals surface area contributed by atoms with Crippen LogP contribution in [0.5, 0.6) is 11.5 Å². The summed E-state index contributed by atoms with van der Waals surface area (Å²) in [6.45, 7) is 7.66. The normalized spacial score (nSPS) is 13.2. The van der Waals surface area contributed by atoms with Crippen LogP contribution in [0.2, 0.25) is 0 Å². The summed E-state index contributed by atoms with van der Waals surface area (Å²) >= 11 is 0. The van der Waals surface area contributed by atoms with Crippen LogP contribution in [-0.2, 0) is 14.8 Å². The number of benzene rings is 2. The smallest absolute Gasteiger partial charge is 0.244 e. The minimum absolute atomic E-state index is 0.247. The van der Waals surface area contributed by atoms with Crippen molar-refractivity contribution in [2.75, 3.05) is 24.3 Å². The van der Waals surface area contributed by atoms with E-state index in [4.69, 9.17) is 9.47 Å². The van der Waals surface area contributed by atoms with Gasteiger partial charge in [-0.2, -0.15) is 0 Å². The molecule has 2 unspecified atom stereocenters. The molecular weight excluding hydrogens is 416 g/mol. The second-order valence-electron chi connectivity index (χ2n) is 7.72. The second kappa shape index (κ2) is 10.5. The number of nitrogens with one attached hydrogen (secondary N) is 1. The Labute approximate surface area is 185 Å². The molecule has 0 saturated heterocycles. The van der Waals surface area contributed by atoms with Crippen LogP contribution in [0.4, 0.5) is 5.69 Å². The Morgan fingerprint density at radius 3 is 2.10 bits per heavy atom. The SMILES string of the molecule is CCC(C(=O)NC(C)COc1ccc(OC)cc1)N(c1cc(C)cc(C)c1)S(C)(=O)=O. The van der Waals surface area contributed by atoms with Crippen LogP contribution in [0.1, 0.15) is 31.4 Å². The molecule has 0 aliphatic carbocycles. The molecule has 0 radical (unpaired) electrons. The summed E-state index contributed by atoms with van der Waals surface area (Å²) in [7, 11) is -2.08. The van der Waals surface area contributed by atoms with Crippen LogP contribution in [-0.4, -0.2) is 46.4 Å². The number of rotatable bonds is 10. The van der Waals surface area contributed by atoms with E-state index in [1.54, 1.807) is 50.4 Å². The maximum absolute atomic E-state index is 13.0. The van der Waals surface area contributed by atoms with E-state index < -0.39 is 16.1 Å². The highest BCUT2D eigenvalue weighted by molar-refractivity contribution is 7.92. The van der Waals surface area contributed by atoms with E-state index in [2.05, 4.69) is 5.32 Å². The average Bonchev–Trinajstić information content (AvgIpc) is 2.68. The minimum Gasteiger partial charge on any atom is -0.497 e. The van der Waals surface area contributed by atoms with E-state index >= 15 is 0 Å². The fraction of sp³-hybridized carbons (Fsp3) is 0.435. The molecule has 31 heavy (non-hydrogen) atoms. The number of ether oxygens (including phenoxy) is 2. The number of aryl methyl sites for hydroxylation is 2. The third-order valence-corrected chi connectivity index (χ3v) is 5.92. The van der Waals surface area contributed by atoms with Crippen molar-refractivity contribution in [2.45, 2.75) is 46.2 Å². The lowest BCUT2D eigenvalue weighted by atomic mass is 10.1. The Kier molecular flexibility index (Phi) is 8.33. The number of carbonyl (C=O) groups is 1. The van der Waals surface area contributed by atoms with Gasteiger partial charge in [-0.05, 0) is 74.7 Å². The summed E-state index contributed by atoms with van der Waals surface area (Å²) in [6.07, 6.45) is 1.45. The van der Waals surface area contributed by atoms with Crippen molar-refractivity contribution in [1.82, 2.24) is 5.32 Å². The number of amides is 1. The Balaban J connectivity index is 2.13. The average molecular weight is 449 g/mol. The first-order chi connectivity index (χ1) is 14.5. The van der Waals surface area contributed by atoms with Gasteiger partial charge in [0.25, 0.3) is 0 Å². The fourth-order valence-corrected chi connectivity index (χ4v) is 4.61. The molecule has 0 spiro atoms. The number of carbonyl (C=O) groups excluding carboxylic acids is 1. The molecule has 0 bridgehead atoms. The van der Waals surface area contributed by atoms with Gasteiger partial charge in [0.1, 0.15) is 24.1 Å². The van der Waals surface area contributed by atoms with Gasteiger partial charge in [0.15, 0.2) is 0 Å². The zero-order valence-corrected chi connectivity index (χ0v) is 19.8. The lowest BCUT2D eigenvalue weighted by Gasteiger charge is -2.31. The van der Waals surface area contributed by atoms with Crippen molar-refractivity contribution in [1.29, 1.82) is 0 Å². The van der Waals surface area contributed by atoms with Crippen molar-refractivity contribution in [3.05, 3.63) is 53.6 Å². The summed E-state index contributed by atoms with van der Waals surface area (Å²) in [4.78, 5) is 13.0. The first-order valence-corrected chi connectivity index (χ1v) is 12.0. The van der Waals surface area contributed by atoms with Crippen molar-refractivity contribution in [3.8, 4) is 11.5 Å². The molecular formula is C23H32N2O5S. The van der Waals surface area contributed by atoms with Crippen molar-refractivity contribution in [3.63, 3.8) is 0 Å². The molecule has 0 fully saturated rings. The van der Waals surface area contributed by atoms with Gasteiger partial charge in [0.05, 0.1) is 25.1 Å². The quantitative estimate of drug-likeness (QED) is 0.602. The molecule has 2 atom stereocenters. The molecule has 1 N–H and O–H groups in total. The summed E-state index contributed by atoms with van der Waals surface area (Å²) in [5.41, 5.74) is 2.35. The Morgan fingerprint density at radius 2 is 1.61 bits per heavy atom. The zero-order chi connectivity index (χ0) is 23.2. The Morgan fingerprint density at radius 1 is 1.06 bits per heavy atom. The van der Waals surface area contributed by atoms with Crippen molar-refractivity contribution in [2.24, 2.45) is 0 Å². The monoisotopic (exact) mass is 448 g/mol. The van der Waals surface area contributed by atoms with Crippen LogP contribution in [0.3, 0.4) is 0 Å². The first kappa shape index (κ1) is 24.5. The van der Waals surface area contributed by atoms with Crippen LogP contribution < -0.4 is 19.1 Å². The van der Waals surface area contributed by atoms with E-state index in [0.29, 0.717) is 17.9 Å². The molecule has 170 valence electrons. The summed E-state index contributed by atoms with van der Waals surface area (Å²) in [6, 6.07) is 11.5. The molecule has 0 aromatic heterocycles. The molecule has 8 heteroatoms. The van der Waals surface area contributed by atoms with Gasteiger partial charge in [0, 0.05) is 0 Å². The molecule has 1 amide bonds. The summed E-state index contributed by atoms with van der Waals surface area (Å²) < 4.78 is 37.3. The predicted molar refractivity (Wildman–Crippen MR) is 123 cm³/mol. The Hall–Kier alpha value is -2.74. The molecule has 2 rings (SSSR count). The molecule has 0 aliphatic heterocycles. The van der Waals surface area contributed by atoms with Crippen LogP contribution in [0, 0.1) is 13.8 Å². The maximum atomic E-state index is 13.0. The number of hydrogen-bond donors (Lipinski definition) is 1. The minimum atomic E-state index is -3.68. The van der Waals surface area contributed by atoms with E-state index in [1.165, 1.54) is 4.31 Å². The van der Waals surface area contributed by atoms with Gasteiger partial charge in [-0.25, -0.2) is 8.42 Å². The second-order valence-corrected chi connectivity index (χ2v) is 9.58. The van der Waals surface area contributed by atoms with Gasteiger partial charge in [-0.15, -0.1) is 0 Å². The molecule has 0 saturated carbocycles. The van der Waals surface area contributed by atoms with Crippen molar-refractivity contribution >= 4 is 21.6 Å². The van der Waals surface area contributed by atoms with E-state index in [0.717, 1.165) is 23.1 Å². The molecule has 0 heterocycles. The molecule has 0 aliphatic rings. The van der Waals surface area contributed by atoms with E-state index in [1.807, 2.05) is 26.8 Å². The lowest BCUT2D eigenvalue weighted by molar-refractivity contribution is -0.123. The molecule has 2 aromatic carbocycles. The molecule has 7 nitrogen and oxygen atoms in total. The van der Waals surface area contributed by atoms with Gasteiger partial charge in [-0.1, -0.05) is 13.0 Å². The third kappa shape index (κ3) is 6.89. The largest absolute Gasteiger partial charge is 0.497 e. The fourth-order valence-electron chi connectivity index (χ4n) is 3.41. The van der Waals surface area contributed by atoms with E-state index in [9.17, 15) is 13.2 Å². The summed E-state index contributed by atoms with van der Waals surface area (Å²) in [5, 5.41) is 2.88. The number of nitrogens with zero attached hydrogens (tertiary/aromatic N) is 1.